The SMILES string of the molecule is O=c1[nH]c(N2CCN(c3cccc(Cl)c3)CC2)nc2c1CCC2. The zero-order chi connectivity index (χ0) is 15.8. The first-order valence-electron chi connectivity index (χ1n) is 8.08. The van der Waals surface area contributed by atoms with Crippen LogP contribution in [0.15, 0.2) is 29.1 Å². The van der Waals surface area contributed by atoms with Gasteiger partial charge in [-0.1, -0.05) is 17.7 Å². The number of benzene rings is 1. The Labute approximate surface area is 139 Å². The summed E-state index contributed by atoms with van der Waals surface area (Å²) in [4.78, 5) is 24.3. The molecule has 1 aromatic heterocycles. The van der Waals surface area contributed by atoms with Gasteiger partial charge in [0.2, 0.25) is 5.95 Å². The Kier molecular flexibility index (Phi) is 3.73. The minimum atomic E-state index is 0.0415. The minimum absolute atomic E-state index is 0.0415. The summed E-state index contributed by atoms with van der Waals surface area (Å²) in [5, 5.41) is 0.759. The number of halogens is 1. The molecule has 1 saturated heterocycles. The predicted octanol–water partition coefficient (Wildman–Crippen LogP) is 2.24. The standard InChI is InChI=1S/C17H19ClN4O/c18-12-3-1-4-13(11-12)21-7-9-22(10-8-21)17-19-15-6-2-5-14(15)16(23)20-17/h1,3-4,11H,2,5-10H2,(H,19,20,23). The van der Waals surface area contributed by atoms with Gasteiger partial charge in [-0.25, -0.2) is 4.98 Å². The summed E-state index contributed by atoms with van der Waals surface area (Å²) in [5.41, 5.74) is 3.06. The second kappa shape index (κ2) is 5.89. The number of aromatic amines is 1. The summed E-state index contributed by atoms with van der Waals surface area (Å²) < 4.78 is 0. The van der Waals surface area contributed by atoms with Crippen molar-refractivity contribution in [1.82, 2.24) is 9.97 Å². The highest BCUT2D eigenvalue weighted by atomic mass is 35.5. The van der Waals surface area contributed by atoms with Crippen LogP contribution >= 0.6 is 11.6 Å². The summed E-state index contributed by atoms with van der Waals surface area (Å²) in [5.74, 6) is 0.724. The monoisotopic (exact) mass is 330 g/mol. The summed E-state index contributed by atoms with van der Waals surface area (Å²) in [6, 6.07) is 7.94. The first-order valence-corrected chi connectivity index (χ1v) is 8.46. The van der Waals surface area contributed by atoms with Gasteiger partial charge in [-0.05, 0) is 37.5 Å². The van der Waals surface area contributed by atoms with Gasteiger partial charge in [-0.15, -0.1) is 0 Å². The van der Waals surface area contributed by atoms with E-state index in [1.54, 1.807) is 0 Å². The quantitative estimate of drug-likeness (QED) is 0.917. The smallest absolute Gasteiger partial charge is 0.255 e. The van der Waals surface area contributed by atoms with E-state index in [0.717, 1.165) is 73.4 Å². The average molecular weight is 331 g/mol. The van der Waals surface area contributed by atoms with Crippen LogP contribution in [0.1, 0.15) is 17.7 Å². The number of nitrogens with one attached hydrogen (secondary N) is 1. The molecule has 0 unspecified atom stereocenters. The van der Waals surface area contributed by atoms with Crippen LogP contribution in [0.25, 0.3) is 0 Å². The minimum Gasteiger partial charge on any atom is -0.368 e. The van der Waals surface area contributed by atoms with Gasteiger partial charge < -0.3 is 9.80 Å². The van der Waals surface area contributed by atoms with Crippen LogP contribution in [0.2, 0.25) is 5.02 Å². The lowest BCUT2D eigenvalue weighted by molar-refractivity contribution is 0.637. The van der Waals surface area contributed by atoms with Gasteiger partial charge >= 0.3 is 0 Å². The topological polar surface area (TPSA) is 52.2 Å². The Hall–Kier alpha value is -2.01. The lowest BCUT2D eigenvalue weighted by Gasteiger charge is -2.36. The molecular weight excluding hydrogens is 312 g/mol. The molecule has 0 amide bonds. The second-order valence-electron chi connectivity index (χ2n) is 6.12. The van der Waals surface area contributed by atoms with Crippen molar-refractivity contribution >= 4 is 23.2 Å². The third kappa shape index (κ3) is 2.81. The van der Waals surface area contributed by atoms with E-state index < -0.39 is 0 Å². The Bertz CT molecular complexity index is 780. The first kappa shape index (κ1) is 14.6. The highest BCUT2D eigenvalue weighted by Crippen LogP contribution is 2.23. The van der Waals surface area contributed by atoms with Gasteiger partial charge in [0, 0.05) is 42.5 Å². The van der Waals surface area contributed by atoms with E-state index in [1.807, 2.05) is 18.2 Å². The van der Waals surface area contributed by atoms with Crippen LogP contribution in [-0.2, 0) is 12.8 Å². The Balaban J connectivity index is 1.50. The number of fused-ring (bicyclic) bond motifs is 1. The molecule has 2 heterocycles. The summed E-state index contributed by atoms with van der Waals surface area (Å²) in [7, 11) is 0. The molecule has 1 N–H and O–H groups in total. The van der Waals surface area contributed by atoms with Crippen molar-refractivity contribution in [2.24, 2.45) is 0 Å². The van der Waals surface area contributed by atoms with E-state index in [0.29, 0.717) is 0 Å². The van der Waals surface area contributed by atoms with E-state index in [2.05, 4.69) is 25.8 Å². The van der Waals surface area contributed by atoms with E-state index in [-0.39, 0.29) is 5.56 Å². The molecule has 1 aliphatic carbocycles. The molecule has 2 aromatic rings. The van der Waals surface area contributed by atoms with Gasteiger partial charge in [0.15, 0.2) is 0 Å². The molecule has 23 heavy (non-hydrogen) atoms. The largest absolute Gasteiger partial charge is 0.368 e. The highest BCUT2D eigenvalue weighted by Gasteiger charge is 2.22. The molecule has 1 aromatic carbocycles. The van der Waals surface area contributed by atoms with Crippen LogP contribution in [0.5, 0.6) is 0 Å². The fourth-order valence-corrected chi connectivity index (χ4v) is 3.61. The number of aromatic nitrogens is 2. The molecule has 1 aliphatic heterocycles. The molecule has 0 bridgehead atoms. The van der Waals surface area contributed by atoms with Crippen molar-refractivity contribution in [1.29, 1.82) is 0 Å². The zero-order valence-corrected chi connectivity index (χ0v) is 13.6. The van der Waals surface area contributed by atoms with Crippen molar-refractivity contribution in [2.45, 2.75) is 19.3 Å². The molecular formula is C17H19ClN4O. The van der Waals surface area contributed by atoms with E-state index >= 15 is 0 Å². The summed E-state index contributed by atoms with van der Waals surface area (Å²) >= 11 is 6.07. The normalized spacial score (nSPS) is 17.4. The predicted molar refractivity (Wildman–Crippen MR) is 92.8 cm³/mol. The average Bonchev–Trinajstić information content (AvgIpc) is 3.04. The van der Waals surface area contributed by atoms with Crippen molar-refractivity contribution in [3.8, 4) is 0 Å². The number of piperazine rings is 1. The van der Waals surface area contributed by atoms with Crippen LogP contribution < -0.4 is 15.4 Å². The molecule has 5 nitrogen and oxygen atoms in total. The number of hydrogen-bond acceptors (Lipinski definition) is 4. The Morgan fingerprint density at radius 1 is 1.09 bits per heavy atom. The van der Waals surface area contributed by atoms with E-state index in [9.17, 15) is 4.79 Å². The lowest BCUT2D eigenvalue weighted by atomic mass is 10.2. The third-order valence-electron chi connectivity index (χ3n) is 4.68. The lowest BCUT2D eigenvalue weighted by Crippen LogP contribution is -2.47. The number of hydrogen-bond donors (Lipinski definition) is 1. The summed E-state index contributed by atoms with van der Waals surface area (Å²) in [6.07, 6.45) is 2.83. The first-order chi connectivity index (χ1) is 11.2. The molecule has 1 fully saturated rings. The molecule has 6 heteroatoms. The number of H-pyrrole nitrogens is 1. The van der Waals surface area contributed by atoms with Crippen LogP contribution in [0.4, 0.5) is 11.6 Å². The van der Waals surface area contributed by atoms with Crippen molar-refractivity contribution < 1.29 is 0 Å². The maximum Gasteiger partial charge on any atom is 0.255 e. The highest BCUT2D eigenvalue weighted by molar-refractivity contribution is 6.30. The molecule has 0 spiro atoms. The van der Waals surface area contributed by atoms with Gasteiger partial charge in [-0.2, -0.15) is 0 Å². The van der Waals surface area contributed by atoms with Gasteiger partial charge in [-0.3, -0.25) is 9.78 Å². The summed E-state index contributed by atoms with van der Waals surface area (Å²) in [6.45, 7) is 3.46. The zero-order valence-electron chi connectivity index (χ0n) is 12.9. The molecule has 0 saturated carbocycles. The molecule has 4 rings (SSSR count). The maximum atomic E-state index is 12.2. The van der Waals surface area contributed by atoms with Crippen LogP contribution in [-0.4, -0.2) is 36.1 Å². The fraction of sp³-hybridized carbons (Fsp3) is 0.412. The number of rotatable bonds is 2. The maximum absolute atomic E-state index is 12.2. The van der Waals surface area contributed by atoms with Crippen LogP contribution in [0, 0.1) is 0 Å². The fourth-order valence-electron chi connectivity index (χ4n) is 3.43. The molecule has 0 radical (unpaired) electrons. The van der Waals surface area contributed by atoms with E-state index in [4.69, 9.17) is 11.6 Å². The molecule has 120 valence electrons. The second-order valence-corrected chi connectivity index (χ2v) is 6.56. The van der Waals surface area contributed by atoms with Gasteiger partial charge in [0.05, 0.1) is 5.69 Å². The Morgan fingerprint density at radius 2 is 1.87 bits per heavy atom. The number of nitrogens with zero attached hydrogens (tertiary/aromatic N) is 3. The van der Waals surface area contributed by atoms with Crippen molar-refractivity contribution in [3.05, 3.63) is 50.9 Å². The van der Waals surface area contributed by atoms with Crippen molar-refractivity contribution in [2.75, 3.05) is 36.0 Å². The molecule has 0 atom stereocenters. The molecule has 2 aliphatic rings. The third-order valence-corrected chi connectivity index (χ3v) is 4.92. The van der Waals surface area contributed by atoms with Crippen molar-refractivity contribution in [3.63, 3.8) is 0 Å². The van der Waals surface area contributed by atoms with Gasteiger partial charge in [0.25, 0.3) is 5.56 Å². The number of anilines is 2. The number of aryl methyl sites for hydroxylation is 1. The Morgan fingerprint density at radius 3 is 2.65 bits per heavy atom. The van der Waals surface area contributed by atoms with Crippen LogP contribution in [0.3, 0.4) is 0 Å². The van der Waals surface area contributed by atoms with Gasteiger partial charge in [0.1, 0.15) is 0 Å². The van der Waals surface area contributed by atoms with E-state index in [1.165, 1.54) is 0 Å².